The molecule has 0 radical (unpaired) electrons. The van der Waals surface area contributed by atoms with E-state index in [1.54, 1.807) is 6.07 Å². The van der Waals surface area contributed by atoms with Gasteiger partial charge in [-0.1, -0.05) is 0 Å². The Morgan fingerprint density at radius 2 is 2.05 bits per heavy atom. The highest BCUT2D eigenvalue weighted by Gasteiger charge is 2.17. The third-order valence-corrected chi connectivity index (χ3v) is 4.24. The Kier molecular flexibility index (Phi) is 3.74. The second kappa shape index (κ2) is 5.52. The predicted octanol–water partition coefficient (Wildman–Crippen LogP) is 3.99. The standard InChI is InChI=1S/C16H12FIO2/c17-12-4-5-13(14(18)9-12)16(19)11-3-6-15-10(8-11)2-1-7-20-15/h3-6,8-9H,1-2,7H2. The summed E-state index contributed by atoms with van der Waals surface area (Å²) in [5.74, 6) is 0.453. The minimum atomic E-state index is -0.329. The van der Waals surface area contributed by atoms with Crippen LogP contribution in [0.25, 0.3) is 0 Å². The van der Waals surface area contributed by atoms with E-state index in [1.807, 2.05) is 34.7 Å². The number of carbonyl (C=O) groups excluding carboxylic acids is 1. The molecule has 0 spiro atoms. The minimum absolute atomic E-state index is 0.0808. The van der Waals surface area contributed by atoms with Crippen LogP contribution in [0.3, 0.4) is 0 Å². The van der Waals surface area contributed by atoms with Crippen molar-refractivity contribution in [3.63, 3.8) is 0 Å². The van der Waals surface area contributed by atoms with Crippen molar-refractivity contribution in [2.75, 3.05) is 6.61 Å². The van der Waals surface area contributed by atoms with E-state index in [9.17, 15) is 9.18 Å². The Balaban J connectivity index is 1.98. The maximum Gasteiger partial charge on any atom is 0.194 e. The molecule has 1 heterocycles. The highest BCUT2D eigenvalue weighted by Crippen LogP contribution is 2.27. The van der Waals surface area contributed by atoms with Gasteiger partial charge in [0.05, 0.1) is 6.61 Å². The number of hydrogen-bond acceptors (Lipinski definition) is 2. The molecule has 102 valence electrons. The molecule has 20 heavy (non-hydrogen) atoms. The second-order valence-corrected chi connectivity index (χ2v) is 5.89. The number of aryl methyl sites for hydroxylation is 1. The van der Waals surface area contributed by atoms with Crippen molar-refractivity contribution in [3.05, 3.63) is 62.5 Å². The molecule has 0 amide bonds. The van der Waals surface area contributed by atoms with Gasteiger partial charge in [0.2, 0.25) is 0 Å². The van der Waals surface area contributed by atoms with Crippen molar-refractivity contribution in [2.45, 2.75) is 12.8 Å². The minimum Gasteiger partial charge on any atom is -0.493 e. The Bertz CT molecular complexity index is 682. The summed E-state index contributed by atoms with van der Waals surface area (Å²) in [6.07, 6.45) is 1.90. The third kappa shape index (κ3) is 2.57. The third-order valence-electron chi connectivity index (χ3n) is 3.35. The fourth-order valence-corrected chi connectivity index (χ4v) is 3.05. The van der Waals surface area contributed by atoms with Crippen LogP contribution < -0.4 is 4.74 Å². The van der Waals surface area contributed by atoms with Gasteiger partial charge in [0, 0.05) is 14.7 Å². The van der Waals surface area contributed by atoms with E-state index in [4.69, 9.17) is 4.74 Å². The Morgan fingerprint density at radius 1 is 1.20 bits per heavy atom. The smallest absolute Gasteiger partial charge is 0.194 e. The van der Waals surface area contributed by atoms with Gasteiger partial charge in [-0.25, -0.2) is 4.39 Å². The maximum absolute atomic E-state index is 13.1. The SMILES string of the molecule is O=C(c1ccc2c(c1)CCCO2)c1ccc(F)cc1I. The fourth-order valence-electron chi connectivity index (χ4n) is 2.33. The number of hydrogen-bond donors (Lipinski definition) is 0. The molecule has 3 rings (SSSR count). The topological polar surface area (TPSA) is 26.3 Å². The first kappa shape index (κ1) is 13.5. The summed E-state index contributed by atoms with van der Waals surface area (Å²) in [6.45, 7) is 0.732. The van der Waals surface area contributed by atoms with Gasteiger partial charge in [-0.2, -0.15) is 0 Å². The normalized spacial score (nSPS) is 13.5. The molecule has 0 saturated carbocycles. The lowest BCUT2D eigenvalue weighted by Crippen LogP contribution is -2.10. The molecule has 1 aliphatic heterocycles. The summed E-state index contributed by atoms with van der Waals surface area (Å²) in [7, 11) is 0. The van der Waals surface area contributed by atoms with Crippen LogP contribution >= 0.6 is 22.6 Å². The van der Waals surface area contributed by atoms with Gasteiger partial charge in [0.25, 0.3) is 0 Å². The summed E-state index contributed by atoms with van der Waals surface area (Å²) in [4.78, 5) is 12.5. The van der Waals surface area contributed by atoms with E-state index in [2.05, 4.69) is 0 Å². The number of rotatable bonds is 2. The molecule has 2 aromatic rings. The molecule has 0 bridgehead atoms. The predicted molar refractivity (Wildman–Crippen MR) is 82.8 cm³/mol. The number of benzene rings is 2. The number of halogens is 2. The van der Waals surface area contributed by atoms with Gasteiger partial charge < -0.3 is 4.74 Å². The zero-order valence-electron chi connectivity index (χ0n) is 10.7. The molecule has 0 atom stereocenters. The zero-order valence-corrected chi connectivity index (χ0v) is 12.8. The molecule has 0 fully saturated rings. The number of fused-ring (bicyclic) bond motifs is 1. The highest BCUT2D eigenvalue weighted by atomic mass is 127. The molecule has 2 aromatic carbocycles. The molecular weight excluding hydrogens is 370 g/mol. The van der Waals surface area contributed by atoms with Gasteiger partial charge in [-0.05, 0) is 77.4 Å². The first-order valence-electron chi connectivity index (χ1n) is 6.40. The second-order valence-electron chi connectivity index (χ2n) is 4.73. The number of carbonyl (C=O) groups is 1. The summed E-state index contributed by atoms with van der Waals surface area (Å²) in [6, 6.07) is 9.72. The molecule has 1 aliphatic rings. The molecule has 2 nitrogen and oxygen atoms in total. The van der Waals surface area contributed by atoms with Crippen LogP contribution in [0.1, 0.15) is 27.9 Å². The van der Waals surface area contributed by atoms with Crippen LogP contribution in [-0.4, -0.2) is 12.4 Å². The lowest BCUT2D eigenvalue weighted by atomic mass is 9.98. The quantitative estimate of drug-likeness (QED) is 0.580. The van der Waals surface area contributed by atoms with Gasteiger partial charge in [-0.15, -0.1) is 0 Å². The van der Waals surface area contributed by atoms with Crippen LogP contribution in [0.15, 0.2) is 36.4 Å². The number of ketones is 1. The van der Waals surface area contributed by atoms with Gasteiger partial charge in [0.15, 0.2) is 5.78 Å². The van der Waals surface area contributed by atoms with Crippen molar-refractivity contribution in [1.29, 1.82) is 0 Å². The lowest BCUT2D eigenvalue weighted by Gasteiger charge is -2.17. The van der Waals surface area contributed by atoms with Crippen molar-refractivity contribution >= 4 is 28.4 Å². The summed E-state index contributed by atoms with van der Waals surface area (Å²) < 4.78 is 19.3. The Hall–Kier alpha value is -1.43. The van der Waals surface area contributed by atoms with Crippen molar-refractivity contribution in [2.24, 2.45) is 0 Å². The van der Waals surface area contributed by atoms with E-state index in [0.717, 1.165) is 30.8 Å². The zero-order chi connectivity index (χ0) is 14.1. The van der Waals surface area contributed by atoms with Crippen molar-refractivity contribution in [1.82, 2.24) is 0 Å². The summed E-state index contributed by atoms with van der Waals surface area (Å²) in [5, 5.41) is 0. The summed E-state index contributed by atoms with van der Waals surface area (Å²) >= 11 is 1.99. The summed E-state index contributed by atoms with van der Waals surface area (Å²) in [5.41, 5.74) is 2.22. The highest BCUT2D eigenvalue weighted by molar-refractivity contribution is 14.1. The van der Waals surface area contributed by atoms with E-state index in [1.165, 1.54) is 18.2 Å². The molecular formula is C16H12FIO2. The average molecular weight is 382 g/mol. The van der Waals surface area contributed by atoms with Crippen LogP contribution in [-0.2, 0) is 6.42 Å². The Labute approximate surface area is 130 Å². The maximum atomic E-state index is 13.1. The van der Waals surface area contributed by atoms with Crippen molar-refractivity contribution < 1.29 is 13.9 Å². The van der Waals surface area contributed by atoms with Gasteiger partial charge in [-0.3, -0.25) is 4.79 Å². The fraction of sp³-hybridized carbons (Fsp3) is 0.188. The molecule has 0 unspecified atom stereocenters. The first-order valence-corrected chi connectivity index (χ1v) is 7.48. The van der Waals surface area contributed by atoms with Crippen molar-refractivity contribution in [3.8, 4) is 5.75 Å². The molecule has 4 heteroatoms. The largest absolute Gasteiger partial charge is 0.493 e. The van der Waals surface area contributed by atoms with Crippen LogP contribution in [0.4, 0.5) is 4.39 Å². The van der Waals surface area contributed by atoms with E-state index in [-0.39, 0.29) is 11.6 Å². The molecule has 0 saturated heterocycles. The molecule has 0 aromatic heterocycles. The van der Waals surface area contributed by atoms with Gasteiger partial charge in [0.1, 0.15) is 11.6 Å². The first-order chi connectivity index (χ1) is 9.65. The molecule has 0 N–H and O–H groups in total. The van der Waals surface area contributed by atoms with Crippen LogP contribution in [0, 0.1) is 9.39 Å². The number of ether oxygens (including phenoxy) is 1. The lowest BCUT2D eigenvalue weighted by molar-refractivity contribution is 0.103. The monoisotopic (exact) mass is 382 g/mol. The van der Waals surface area contributed by atoms with E-state index < -0.39 is 0 Å². The van der Waals surface area contributed by atoms with E-state index in [0.29, 0.717) is 14.7 Å². The molecule has 0 aliphatic carbocycles. The van der Waals surface area contributed by atoms with Gasteiger partial charge >= 0.3 is 0 Å². The Morgan fingerprint density at radius 3 is 2.85 bits per heavy atom. The van der Waals surface area contributed by atoms with Crippen LogP contribution in [0.2, 0.25) is 0 Å². The van der Waals surface area contributed by atoms with E-state index >= 15 is 0 Å². The van der Waals surface area contributed by atoms with Crippen LogP contribution in [0.5, 0.6) is 5.75 Å². The average Bonchev–Trinajstić information content (AvgIpc) is 2.46.